The van der Waals surface area contributed by atoms with Gasteiger partial charge in [-0.3, -0.25) is 9.78 Å². The number of pyridine rings is 1. The van der Waals surface area contributed by atoms with E-state index in [-0.39, 0.29) is 11.8 Å². The van der Waals surface area contributed by atoms with Gasteiger partial charge >= 0.3 is 0 Å². The average molecular weight is 354 g/mol. The molecule has 6 nitrogen and oxygen atoms in total. The first-order valence-electron chi connectivity index (χ1n) is 9.47. The summed E-state index contributed by atoms with van der Waals surface area (Å²) in [6.07, 6.45) is 9.30. The Labute approximate surface area is 154 Å². The van der Waals surface area contributed by atoms with Crippen LogP contribution in [0.4, 0.5) is 0 Å². The average Bonchev–Trinajstić information content (AvgIpc) is 2.95. The quantitative estimate of drug-likeness (QED) is 0.828. The van der Waals surface area contributed by atoms with Crippen LogP contribution in [0.1, 0.15) is 41.0 Å². The van der Waals surface area contributed by atoms with E-state index >= 15 is 0 Å². The molecule has 4 rings (SSSR count). The summed E-state index contributed by atoms with van der Waals surface area (Å²) < 4.78 is 8.14. The summed E-state index contributed by atoms with van der Waals surface area (Å²) in [6, 6.07) is 3.74. The topological polar surface area (TPSA) is 60.2 Å². The highest BCUT2D eigenvalue weighted by atomic mass is 16.5. The van der Waals surface area contributed by atoms with E-state index in [2.05, 4.69) is 14.5 Å². The zero-order valence-corrected chi connectivity index (χ0v) is 15.3. The molecule has 3 heterocycles. The molecule has 2 aliphatic rings. The minimum absolute atomic E-state index is 0.0242. The van der Waals surface area contributed by atoms with Gasteiger partial charge in [-0.2, -0.15) is 0 Å². The lowest BCUT2D eigenvalue weighted by Crippen LogP contribution is -2.35. The Morgan fingerprint density at radius 3 is 2.77 bits per heavy atom. The van der Waals surface area contributed by atoms with E-state index in [1.807, 2.05) is 36.5 Å². The van der Waals surface area contributed by atoms with E-state index in [0.717, 1.165) is 30.5 Å². The Hall–Kier alpha value is -2.21. The van der Waals surface area contributed by atoms with E-state index in [9.17, 15) is 4.79 Å². The number of amides is 1. The Bertz CT molecular complexity index is 751. The number of nitrogens with zero attached hydrogens (tertiary/aromatic N) is 4. The van der Waals surface area contributed by atoms with Crippen molar-refractivity contribution in [3.8, 4) is 0 Å². The predicted molar refractivity (Wildman–Crippen MR) is 97.6 cm³/mol. The number of ether oxygens (including phenoxy) is 1. The van der Waals surface area contributed by atoms with Crippen molar-refractivity contribution >= 4 is 5.91 Å². The number of carbonyl (C=O) groups is 1. The minimum Gasteiger partial charge on any atom is -0.381 e. The molecule has 0 unspecified atom stereocenters. The fourth-order valence-corrected chi connectivity index (χ4v) is 3.65. The van der Waals surface area contributed by atoms with Crippen molar-refractivity contribution in [3.05, 3.63) is 47.8 Å². The second-order valence-electron chi connectivity index (χ2n) is 7.61. The number of aryl methyl sites for hydroxylation is 1. The highest BCUT2D eigenvalue weighted by Crippen LogP contribution is 2.27. The third-order valence-electron chi connectivity index (χ3n) is 5.46. The van der Waals surface area contributed by atoms with Gasteiger partial charge < -0.3 is 14.2 Å². The van der Waals surface area contributed by atoms with Crippen molar-refractivity contribution in [2.45, 2.75) is 39.3 Å². The molecule has 0 aromatic carbocycles. The third-order valence-corrected chi connectivity index (χ3v) is 5.46. The van der Waals surface area contributed by atoms with Crippen LogP contribution in [0.15, 0.2) is 30.9 Å². The largest absolute Gasteiger partial charge is 0.381 e. The molecule has 0 spiro atoms. The van der Waals surface area contributed by atoms with Crippen molar-refractivity contribution < 1.29 is 9.53 Å². The molecule has 1 amide bonds. The fourth-order valence-electron chi connectivity index (χ4n) is 3.65. The lowest BCUT2D eigenvalue weighted by molar-refractivity contribution is 0.0346. The minimum atomic E-state index is 0.0242. The molecule has 1 fully saturated rings. The first-order chi connectivity index (χ1) is 12.7. The van der Waals surface area contributed by atoms with Crippen molar-refractivity contribution in [1.82, 2.24) is 19.4 Å². The van der Waals surface area contributed by atoms with E-state index < -0.39 is 0 Å². The van der Waals surface area contributed by atoms with Crippen molar-refractivity contribution in [2.24, 2.45) is 11.8 Å². The summed E-state index contributed by atoms with van der Waals surface area (Å²) in [6.45, 7) is 5.57. The van der Waals surface area contributed by atoms with Gasteiger partial charge in [0.05, 0.1) is 30.7 Å². The molecule has 26 heavy (non-hydrogen) atoms. The number of rotatable bonds is 5. The van der Waals surface area contributed by atoms with Gasteiger partial charge in [0.2, 0.25) is 0 Å². The first-order valence-corrected chi connectivity index (χ1v) is 9.47. The monoisotopic (exact) mass is 354 g/mol. The molecule has 1 atom stereocenters. The summed E-state index contributed by atoms with van der Waals surface area (Å²) in [4.78, 5) is 23.4. The van der Waals surface area contributed by atoms with E-state index in [0.29, 0.717) is 25.3 Å². The highest BCUT2D eigenvalue weighted by molar-refractivity contribution is 5.93. The molecule has 0 N–H and O–H groups in total. The van der Waals surface area contributed by atoms with Crippen LogP contribution in [0.3, 0.4) is 0 Å². The first kappa shape index (κ1) is 17.2. The summed E-state index contributed by atoms with van der Waals surface area (Å²) in [7, 11) is 0. The number of hydrogen-bond acceptors (Lipinski definition) is 4. The summed E-state index contributed by atoms with van der Waals surface area (Å²) in [5, 5.41) is 0. The van der Waals surface area contributed by atoms with Gasteiger partial charge in [-0.15, -0.1) is 0 Å². The highest BCUT2D eigenvalue weighted by Gasteiger charge is 2.27. The van der Waals surface area contributed by atoms with Crippen LogP contribution in [0.25, 0.3) is 0 Å². The van der Waals surface area contributed by atoms with Gasteiger partial charge in [-0.25, -0.2) is 4.98 Å². The van der Waals surface area contributed by atoms with Crippen molar-refractivity contribution in [1.29, 1.82) is 0 Å². The van der Waals surface area contributed by atoms with Gasteiger partial charge in [0, 0.05) is 43.7 Å². The Morgan fingerprint density at radius 1 is 1.19 bits per heavy atom. The molecule has 1 aliphatic heterocycles. The Kier molecular flexibility index (Phi) is 5.02. The van der Waals surface area contributed by atoms with Crippen molar-refractivity contribution in [3.63, 3.8) is 0 Å². The maximum absolute atomic E-state index is 13.0. The molecule has 0 bridgehead atoms. The van der Waals surface area contributed by atoms with Crippen LogP contribution in [-0.2, 0) is 17.8 Å². The second kappa shape index (κ2) is 7.58. The number of fused-ring (bicyclic) bond motifs is 1. The van der Waals surface area contributed by atoms with Crippen LogP contribution < -0.4 is 0 Å². The van der Waals surface area contributed by atoms with Crippen LogP contribution in [0.2, 0.25) is 0 Å². The number of carbonyl (C=O) groups excluding carboxylic acids is 1. The second-order valence-corrected chi connectivity index (χ2v) is 7.61. The van der Waals surface area contributed by atoms with Crippen LogP contribution >= 0.6 is 0 Å². The van der Waals surface area contributed by atoms with E-state index in [1.165, 1.54) is 19.3 Å². The maximum Gasteiger partial charge on any atom is 0.255 e. The molecule has 0 radical (unpaired) electrons. The number of aromatic nitrogens is 3. The molecule has 0 saturated heterocycles. The van der Waals surface area contributed by atoms with Crippen molar-refractivity contribution in [2.75, 3.05) is 19.8 Å². The van der Waals surface area contributed by atoms with Crippen LogP contribution in [0.5, 0.6) is 0 Å². The van der Waals surface area contributed by atoms with Crippen LogP contribution in [-0.4, -0.2) is 45.1 Å². The van der Waals surface area contributed by atoms with Gasteiger partial charge in [0.15, 0.2) is 0 Å². The third kappa shape index (κ3) is 3.80. The molecular formula is C20H26N4O2. The maximum atomic E-state index is 13.0. The van der Waals surface area contributed by atoms with Gasteiger partial charge in [0.25, 0.3) is 5.91 Å². The molecular weight excluding hydrogens is 328 g/mol. The smallest absolute Gasteiger partial charge is 0.255 e. The number of hydrogen-bond donors (Lipinski definition) is 0. The fraction of sp³-hybridized carbons (Fsp3) is 0.550. The van der Waals surface area contributed by atoms with Gasteiger partial charge in [-0.1, -0.05) is 6.42 Å². The lowest BCUT2D eigenvalue weighted by atomic mass is 9.86. The van der Waals surface area contributed by atoms with Crippen LogP contribution in [0, 0.1) is 18.8 Å². The van der Waals surface area contributed by atoms with Gasteiger partial charge in [-0.05, 0) is 37.8 Å². The Morgan fingerprint density at radius 2 is 2.04 bits per heavy atom. The molecule has 2 aromatic rings. The lowest BCUT2D eigenvalue weighted by Gasteiger charge is -2.27. The molecule has 1 saturated carbocycles. The summed E-state index contributed by atoms with van der Waals surface area (Å²) in [5.74, 6) is 1.03. The molecule has 138 valence electrons. The normalized spacial score (nSPS) is 20.3. The molecule has 6 heteroatoms. The molecule has 2 aromatic heterocycles. The van der Waals surface area contributed by atoms with E-state index in [4.69, 9.17) is 4.74 Å². The van der Waals surface area contributed by atoms with Gasteiger partial charge in [0.1, 0.15) is 0 Å². The SMILES string of the molecule is Cc1ccc(C(=O)N2Cc3cncn3C[C@@H](COCC3CCC3)C2)cn1. The predicted octanol–water partition coefficient (Wildman–Crippen LogP) is 2.68. The zero-order chi connectivity index (χ0) is 17.9. The Balaban J connectivity index is 1.46. The molecule has 1 aliphatic carbocycles. The van der Waals surface area contributed by atoms with E-state index in [1.54, 1.807) is 6.20 Å². The number of imidazole rings is 1. The standard InChI is InChI=1S/C20H26N4O2/c1-15-5-6-18(7-22-15)20(25)23-9-17(13-26-12-16-3-2-4-16)10-24-14-21-8-19(24)11-23/h5-8,14,16-17H,2-4,9-13H2,1H3/t17-/m0/s1. The zero-order valence-electron chi connectivity index (χ0n) is 15.3. The summed E-state index contributed by atoms with van der Waals surface area (Å²) >= 11 is 0. The summed E-state index contributed by atoms with van der Waals surface area (Å²) in [5.41, 5.74) is 2.62.